The van der Waals surface area contributed by atoms with Crippen LogP contribution in [0.5, 0.6) is 0 Å². The molecule has 1 aromatic heterocycles. The number of hydrogen-bond donors (Lipinski definition) is 2. The summed E-state index contributed by atoms with van der Waals surface area (Å²) in [7, 11) is 0. The molecule has 2 N–H and O–H groups in total. The lowest BCUT2D eigenvalue weighted by atomic mass is 10.0. The number of benzene rings is 1. The maximum Gasteiger partial charge on any atom is 0.271 e. The van der Waals surface area contributed by atoms with E-state index < -0.39 is 0 Å². The highest BCUT2D eigenvalue weighted by molar-refractivity contribution is 5.68. The van der Waals surface area contributed by atoms with Crippen molar-refractivity contribution in [3.05, 3.63) is 64.3 Å². The van der Waals surface area contributed by atoms with Crippen LogP contribution in [0, 0.1) is 5.82 Å². The molecule has 1 fully saturated rings. The van der Waals surface area contributed by atoms with E-state index in [1.54, 1.807) is 18.3 Å². The van der Waals surface area contributed by atoms with E-state index in [1.807, 2.05) is 12.1 Å². The second kappa shape index (κ2) is 7.96. The predicted octanol–water partition coefficient (Wildman–Crippen LogP) is 3.40. The molecule has 2 aliphatic heterocycles. The molecule has 5 nitrogen and oxygen atoms in total. The predicted molar refractivity (Wildman–Crippen MR) is 106 cm³/mol. The maximum absolute atomic E-state index is 13.5. The minimum absolute atomic E-state index is 0.116. The fourth-order valence-electron chi connectivity index (χ4n) is 3.79. The molecule has 0 bridgehead atoms. The molecule has 0 saturated carbocycles. The summed E-state index contributed by atoms with van der Waals surface area (Å²) in [6.07, 6.45) is 6.65. The Kier molecular flexibility index (Phi) is 5.25. The highest BCUT2D eigenvalue weighted by Crippen LogP contribution is 2.24. The Morgan fingerprint density at radius 1 is 1.30 bits per heavy atom. The lowest BCUT2D eigenvalue weighted by Gasteiger charge is -2.35. The fourth-order valence-corrected chi connectivity index (χ4v) is 3.79. The van der Waals surface area contributed by atoms with Gasteiger partial charge in [-0.15, -0.1) is 0 Å². The monoisotopic (exact) mass is 369 g/mol. The maximum atomic E-state index is 13.5. The zero-order chi connectivity index (χ0) is 18.6. The number of aromatic amines is 1. The Hall–Kier alpha value is -2.60. The SMILES string of the molecule is O=c1[nH]cc(C2=CCOCC2)cc1N[C@@H]1CCCN(c2cccc(F)c2)C1. The van der Waals surface area contributed by atoms with Gasteiger partial charge < -0.3 is 19.9 Å². The Bertz CT molecular complexity index is 893. The second-order valence-electron chi connectivity index (χ2n) is 7.09. The van der Waals surface area contributed by atoms with Crippen LogP contribution in [0.4, 0.5) is 15.8 Å². The summed E-state index contributed by atoms with van der Waals surface area (Å²) in [5, 5.41) is 3.41. The summed E-state index contributed by atoms with van der Waals surface area (Å²) in [5.41, 5.74) is 3.58. The van der Waals surface area contributed by atoms with Crippen LogP contribution < -0.4 is 15.8 Å². The molecule has 2 aromatic rings. The molecule has 1 atom stereocenters. The molecule has 3 heterocycles. The lowest BCUT2D eigenvalue weighted by Crippen LogP contribution is -2.43. The van der Waals surface area contributed by atoms with Gasteiger partial charge in [-0.1, -0.05) is 12.1 Å². The van der Waals surface area contributed by atoms with Crippen molar-refractivity contribution in [3.63, 3.8) is 0 Å². The first-order valence-electron chi connectivity index (χ1n) is 9.46. The van der Waals surface area contributed by atoms with Gasteiger partial charge in [0.25, 0.3) is 5.56 Å². The van der Waals surface area contributed by atoms with Crippen LogP contribution in [0.15, 0.2) is 47.4 Å². The van der Waals surface area contributed by atoms with E-state index in [1.165, 1.54) is 11.6 Å². The number of rotatable bonds is 4. The average Bonchev–Trinajstić information content (AvgIpc) is 2.71. The van der Waals surface area contributed by atoms with Crippen LogP contribution in [0.1, 0.15) is 24.8 Å². The quantitative estimate of drug-likeness (QED) is 0.867. The summed E-state index contributed by atoms with van der Waals surface area (Å²) >= 11 is 0. The molecule has 0 amide bonds. The molecule has 1 saturated heterocycles. The fraction of sp³-hybridized carbons (Fsp3) is 0.381. The van der Waals surface area contributed by atoms with Gasteiger partial charge >= 0.3 is 0 Å². The first kappa shape index (κ1) is 17.8. The van der Waals surface area contributed by atoms with Gasteiger partial charge in [0.15, 0.2) is 0 Å². The summed E-state index contributed by atoms with van der Waals surface area (Å²) in [4.78, 5) is 17.3. The van der Waals surface area contributed by atoms with E-state index in [2.05, 4.69) is 21.3 Å². The molecule has 4 rings (SSSR count). The van der Waals surface area contributed by atoms with Gasteiger partial charge in [-0.05, 0) is 54.7 Å². The van der Waals surface area contributed by atoms with Crippen LogP contribution in [-0.2, 0) is 4.74 Å². The van der Waals surface area contributed by atoms with Gasteiger partial charge in [-0.3, -0.25) is 4.79 Å². The second-order valence-corrected chi connectivity index (χ2v) is 7.09. The number of nitrogens with zero attached hydrogens (tertiary/aromatic N) is 1. The molecule has 2 aliphatic rings. The lowest BCUT2D eigenvalue weighted by molar-refractivity contribution is 0.161. The van der Waals surface area contributed by atoms with Crippen molar-refractivity contribution in [2.75, 3.05) is 36.5 Å². The van der Waals surface area contributed by atoms with Crippen LogP contribution in [-0.4, -0.2) is 37.3 Å². The smallest absolute Gasteiger partial charge is 0.271 e. The normalized spacial score (nSPS) is 20.3. The number of H-pyrrole nitrogens is 1. The van der Waals surface area contributed by atoms with Crippen LogP contribution in [0.3, 0.4) is 0 Å². The van der Waals surface area contributed by atoms with Crippen molar-refractivity contribution in [1.82, 2.24) is 4.98 Å². The van der Waals surface area contributed by atoms with Crippen molar-refractivity contribution in [2.24, 2.45) is 0 Å². The largest absolute Gasteiger partial charge is 0.377 e. The molecule has 0 spiro atoms. The van der Waals surface area contributed by atoms with E-state index in [-0.39, 0.29) is 17.4 Å². The summed E-state index contributed by atoms with van der Waals surface area (Å²) < 4.78 is 18.9. The minimum Gasteiger partial charge on any atom is -0.377 e. The van der Waals surface area contributed by atoms with E-state index >= 15 is 0 Å². The first-order valence-corrected chi connectivity index (χ1v) is 9.46. The number of nitrogens with one attached hydrogen (secondary N) is 2. The minimum atomic E-state index is -0.225. The number of hydrogen-bond acceptors (Lipinski definition) is 4. The topological polar surface area (TPSA) is 57.4 Å². The molecule has 1 aromatic carbocycles. The summed E-state index contributed by atoms with van der Waals surface area (Å²) in [6, 6.07) is 8.75. The third-order valence-corrected chi connectivity index (χ3v) is 5.19. The number of anilines is 2. The molecular formula is C21H24FN3O2. The van der Waals surface area contributed by atoms with Gasteiger partial charge in [0.1, 0.15) is 11.5 Å². The van der Waals surface area contributed by atoms with E-state index in [0.717, 1.165) is 43.6 Å². The zero-order valence-corrected chi connectivity index (χ0v) is 15.2. The van der Waals surface area contributed by atoms with E-state index in [4.69, 9.17) is 4.74 Å². The Morgan fingerprint density at radius 3 is 3.04 bits per heavy atom. The highest BCUT2D eigenvalue weighted by Gasteiger charge is 2.21. The molecule has 0 unspecified atom stereocenters. The Balaban J connectivity index is 1.50. The first-order chi connectivity index (χ1) is 13.2. The molecule has 142 valence electrons. The van der Waals surface area contributed by atoms with Crippen molar-refractivity contribution in [3.8, 4) is 0 Å². The summed E-state index contributed by atoms with van der Waals surface area (Å²) in [6.45, 7) is 2.95. The van der Waals surface area contributed by atoms with Gasteiger partial charge in [0, 0.05) is 31.0 Å². The summed E-state index contributed by atoms with van der Waals surface area (Å²) in [5.74, 6) is -0.225. The number of pyridine rings is 1. The van der Waals surface area contributed by atoms with Crippen LogP contribution >= 0.6 is 0 Å². The van der Waals surface area contributed by atoms with Crippen molar-refractivity contribution < 1.29 is 9.13 Å². The van der Waals surface area contributed by atoms with Crippen LogP contribution in [0.25, 0.3) is 5.57 Å². The third kappa shape index (κ3) is 4.22. The van der Waals surface area contributed by atoms with E-state index in [0.29, 0.717) is 18.9 Å². The number of halogens is 1. The molecule has 0 aliphatic carbocycles. The molecule has 27 heavy (non-hydrogen) atoms. The highest BCUT2D eigenvalue weighted by atomic mass is 19.1. The number of piperidine rings is 1. The van der Waals surface area contributed by atoms with Gasteiger partial charge in [-0.2, -0.15) is 0 Å². The van der Waals surface area contributed by atoms with Crippen molar-refractivity contribution >= 4 is 16.9 Å². The van der Waals surface area contributed by atoms with Gasteiger partial charge in [0.05, 0.1) is 13.2 Å². The molecular weight excluding hydrogens is 345 g/mol. The zero-order valence-electron chi connectivity index (χ0n) is 15.2. The number of ether oxygens (including phenoxy) is 1. The molecule has 6 heteroatoms. The Labute approximate surface area is 157 Å². The standard InChI is InChI=1S/C21H24FN3O2/c22-17-3-1-5-19(12-17)25-8-2-4-18(14-25)24-20-11-16(13-23-21(20)26)15-6-9-27-10-7-15/h1,3,5-6,11-13,18,24H,2,4,7-10,14H2,(H,23,26)/t18-/m1/s1. The van der Waals surface area contributed by atoms with Gasteiger partial charge in [0.2, 0.25) is 0 Å². The van der Waals surface area contributed by atoms with Crippen molar-refractivity contribution in [2.45, 2.75) is 25.3 Å². The van der Waals surface area contributed by atoms with Crippen LogP contribution in [0.2, 0.25) is 0 Å². The average molecular weight is 369 g/mol. The molecule has 0 radical (unpaired) electrons. The third-order valence-electron chi connectivity index (χ3n) is 5.19. The van der Waals surface area contributed by atoms with E-state index in [9.17, 15) is 9.18 Å². The Morgan fingerprint density at radius 2 is 2.22 bits per heavy atom. The van der Waals surface area contributed by atoms with Gasteiger partial charge in [-0.25, -0.2) is 4.39 Å². The number of aromatic nitrogens is 1. The van der Waals surface area contributed by atoms with Crippen molar-refractivity contribution in [1.29, 1.82) is 0 Å².